The number of nitrogens with one attached hydrogen (secondary N) is 1. The van der Waals surface area contributed by atoms with Gasteiger partial charge in [0.2, 0.25) is 11.8 Å². The third kappa shape index (κ3) is 5.05. The number of likely N-dealkylation sites (tertiary alicyclic amines) is 1. The smallest absolute Gasteiger partial charge is 0.243 e. The van der Waals surface area contributed by atoms with E-state index < -0.39 is 18.1 Å². The molecule has 1 saturated heterocycles. The van der Waals surface area contributed by atoms with E-state index >= 15 is 0 Å². The summed E-state index contributed by atoms with van der Waals surface area (Å²) in [6, 6.07) is 7.26. The van der Waals surface area contributed by atoms with Crippen LogP contribution < -0.4 is 5.32 Å². The van der Waals surface area contributed by atoms with Crippen molar-refractivity contribution < 1.29 is 19.1 Å². The molecule has 1 aliphatic rings. The third-order valence-electron chi connectivity index (χ3n) is 6.18. The van der Waals surface area contributed by atoms with Gasteiger partial charge >= 0.3 is 0 Å². The fourth-order valence-electron chi connectivity index (χ4n) is 4.42. The molecule has 0 saturated carbocycles. The predicted octanol–water partition coefficient (Wildman–Crippen LogP) is 3.43. The van der Waals surface area contributed by atoms with E-state index in [4.69, 9.17) is 4.42 Å². The van der Waals surface area contributed by atoms with E-state index in [2.05, 4.69) is 15.3 Å². The zero-order valence-electron chi connectivity index (χ0n) is 19.8. The molecule has 0 bridgehead atoms. The molecule has 1 unspecified atom stereocenters. The van der Waals surface area contributed by atoms with Crippen molar-refractivity contribution >= 4 is 23.2 Å². The topological polar surface area (TPSA) is 109 Å². The summed E-state index contributed by atoms with van der Waals surface area (Å²) in [7, 11) is 0. The minimum absolute atomic E-state index is 0.0425. The van der Waals surface area contributed by atoms with Crippen LogP contribution in [0.4, 0.5) is 0 Å². The lowest BCUT2D eigenvalue weighted by atomic mass is 9.91. The highest BCUT2D eigenvalue weighted by atomic mass is 32.1. The van der Waals surface area contributed by atoms with Gasteiger partial charge in [-0.05, 0) is 24.0 Å². The zero-order valence-corrected chi connectivity index (χ0v) is 20.6. The largest absolute Gasteiger partial charge is 0.449 e. The van der Waals surface area contributed by atoms with Crippen molar-refractivity contribution in [3.05, 3.63) is 58.9 Å². The van der Waals surface area contributed by atoms with Gasteiger partial charge in [-0.15, -0.1) is 11.3 Å². The lowest BCUT2D eigenvalue weighted by molar-refractivity contribution is -0.140. The fourth-order valence-corrected chi connectivity index (χ4v) is 5.23. The van der Waals surface area contributed by atoms with Crippen LogP contribution in [-0.2, 0) is 16.1 Å². The Labute approximate surface area is 203 Å². The Hall–Kier alpha value is -3.04. The molecule has 1 aliphatic heterocycles. The normalized spacial score (nSPS) is 18.9. The van der Waals surface area contributed by atoms with Crippen molar-refractivity contribution in [1.82, 2.24) is 20.2 Å². The summed E-state index contributed by atoms with van der Waals surface area (Å²) in [5, 5.41) is 13.2. The molecule has 1 fully saturated rings. The molecule has 2 N–H and O–H groups in total. The van der Waals surface area contributed by atoms with Crippen molar-refractivity contribution in [1.29, 1.82) is 0 Å². The number of thiazole rings is 1. The molecule has 9 heteroatoms. The Morgan fingerprint density at radius 3 is 2.59 bits per heavy atom. The van der Waals surface area contributed by atoms with Crippen LogP contribution >= 0.6 is 11.3 Å². The van der Waals surface area contributed by atoms with Gasteiger partial charge in [-0.2, -0.15) is 0 Å². The molecule has 180 valence electrons. The fraction of sp³-hybridized carbons (Fsp3) is 0.440. The maximum Gasteiger partial charge on any atom is 0.243 e. The standard InChI is InChI=1S/C25H30N4O4S/c1-14(2)22(20-12-33-16(4)28-20)25(32)29-11-19(30)9-21(29)24(31)26-10-17-5-7-18(8-6-17)23-15(3)27-13-34-23/h5-8,12-14,19,21-22,30H,9-11H2,1-4H3,(H,26,31)/t19-,21+,22?/m1/s1. The number of aryl methyl sites for hydroxylation is 2. The molecule has 34 heavy (non-hydrogen) atoms. The van der Waals surface area contributed by atoms with Gasteiger partial charge in [-0.25, -0.2) is 9.97 Å². The number of rotatable bonds is 7. The number of aliphatic hydroxyl groups is 1. The molecule has 3 aromatic rings. The van der Waals surface area contributed by atoms with Crippen molar-refractivity contribution in [2.24, 2.45) is 5.92 Å². The van der Waals surface area contributed by atoms with Crippen LogP contribution in [0.2, 0.25) is 0 Å². The van der Waals surface area contributed by atoms with Crippen molar-refractivity contribution in [2.75, 3.05) is 6.54 Å². The molecule has 4 rings (SSSR count). The number of aliphatic hydroxyl groups excluding tert-OH is 1. The highest BCUT2D eigenvalue weighted by Gasteiger charge is 2.42. The van der Waals surface area contributed by atoms with Gasteiger partial charge in [-0.3, -0.25) is 9.59 Å². The van der Waals surface area contributed by atoms with Gasteiger partial charge in [0.1, 0.15) is 12.3 Å². The summed E-state index contributed by atoms with van der Waals surface area (Å²) in [6.45, 7) is 8.05. The summed E-state index contributed by atoms with van der Waals surface area (Å²) >= 11 is 1.60. The number of aromatic nitrogens is 2. The Balaban J connectivity index is 1.43. The van der Waals surface area contributed by atoms with E-state index in [-0.39, 0.29) is 30.7 Å². The summed E-state index contributed by atoms with van der Waals surface area (Å²) in [5.41, 5.74) is 5.42. The zero-order chi connectivity index (χ0) is 24.4. The lowest BCUT2D eigenvalue weighted by Crippen LogP contribution is -2.48. The number of β-amino-alcohol motifs (C(OH)–C–C–N with tert-alkyl or cyclic N) is 1. The molecule has 0 aliphatic carbocycles. The van der Waals surface area contributed by atoms with Crippen molar-refractivity contribution in [3.63, 3.8) is 0 Å². The number of oxazole rings is 1. The number of hydrogen-bond acceptors (Lipinski definition) is 7. The van der Waals surface area contributed by atoms with E-state index in [1.54, 1.807) is 18.3 Å². The van der Waals surface area contributed by atoms with E-state index in [9.17, 15) is 14.7 Å². The Morgan fingerprint density at radius 1 is 1.26 bits per heavy atom. The second-order valence-electron chi connectivity index (χ2n) is 9.09. The van der Waals surface area contributed by atoms with Crippen LogP contribution in [0.3, 0.4) is 0 Å². The first-order valence-electron chi connectivity index (χ1n) is 11.4. The summed E-state index contributed by atoms with van der Waals surface area (Å²) in [6.07, 6.45) is 0.967. The SMILES string of the molecule is Cc1nc(C(C(=O)N2C[C@H](O)C[C@H]2C(=O)NCc2ccc(-c3scnc3C)cc2)C(C)C)co1. The quantitative estimate of drug-likeness (QED) is 0.534. The molecule has 1 aromatic carbocycles. The van der Waals surface area contributed by atoms with Crippen LogP contribution in [0.15, 0.2) is 40.5 Å². The van der Waals surface area contributed by atoms with Crippen LogP contribution in [0.5, 0.6) is 0 Å². The molecule has 0 spiro atoms. The molecule has 2 amide bonds. The Morgan fingerprint density at radius 2 is 2.00 bits per heavy atom. The first kappa shape index (κ1) is 24.1. The minimum atomic E-state index is -0.742. The van der Waals surface area contributed by atoms with Gasteiger partial charge in [0, 0.05) is 26.4 Å². The maximum absolute atomic E-state index is 13.5. The lowest BCUT2D eigenvalue weighted by Gasteiger charge is -2.29. The number of benzene rings is 1. The number of carbonyl (C=O) groups excluding carboxylic acids is 2. The summed E-state index contributed by atoms with van der Waals surface area (Å²) in [5.74, 6) is -0.587. The average Bonchev–Trinajstić information content (AvgIpc) is 3.52. The number of amides is 2. The highest BCUT2D eigenvalue weighted by Crippen LogP contribution is 2.30. The minimum Gasteiger partial charge on any atom is -0.449 e. The van der Waals surface area contributed by atoms with Gasteiger partial charge in [0.25, 0.3) is 0 Å². The first-order valence-corrected chi connectivity index (χ1v) is 12.3. The maximum atomic E-state index is 13.5. The van der Waals surface area contributed by atoms with Crippen LogP contribution in [0, 0.1) is 19.8 Å². The van der Waals surface area contributed by atoms with E-state index in [0.717, 1.165) is 21.7 Å². The molecular formula is C25H30N4O4S. The number of carbonyl (C=O) groups is 2. The average molecular weight is 483 g/mol. The van der Waals surface area contributed by atoms with E-state index in [1.165, 1.54) is 11.2 Å². The van der Waals surface area contributed by atoms with E-state index in [1.807, 2.05) is 50.5 Å². The number of hydrogen-bond donors (Lipinski definition) is 2. The highest BCUT2D eigenvalue weighted by molar-refractivity contribution is 7.13. The van der Waals surface area contributed by atoms with Crippen molar-refractivity contribution in [2.45, 2.75) is 58.7 Å². The van der Waals surface area contributed by atoms with Gasteiger partial charge in [0.05, 0.1) is 33.8 Å². The Bertz CT molecular complexity index is 1150. The second kappa shape index (κ2) is 10.1. The molecule has 3 heterocycles. The van der Waals surface area contributed by atoms with Crippen molar-refractivity contribution in [3.8, 4) is 10.4 Å². The monoisotopic (exact) mass is 482 g/mol. The molecule has 0 radical (unpaired) electrons. The molecule has 8 nitrogen and oxygen atoms in total. The Kier molecular flexibility index (Phi) is 7.13. The third-order valence-corrected chi connectivity index (χ3v) is 7.16. The second-order valence-corrected chi connectivity index (χ2v) is 9.95. The summed E-state index contributed by atoms with van der Waals surface area (Å²) < 4.78 is 5.32. The van der Waals surface area contributed by atoms with Crippen LogP contribution in [0.1, 0.15) is 49.0 Å². The predicted molar refractivity (Wildman–Crippen MR) is 129 cm³/mol. The molecule has 3 atom stereocenters. The summed E-state index contributed by atoms with van der Waals surface area (Å²) in [4.78, 5) is 37.8. The van der Waals surface area contributed by atoms with Gasteiger partial charge in [0.15, 0.2) is 5.89 Å². The molecular weight excluding hydrogens is 452 g/mol. The van der Waals surface area contributed by atoms with Crippen LogP contribution in [0.25, 0.3) is 10.4 Å². The first-order chi connectivity index (χ1) is 16.2. The number of nitrogens with zero attached hydrogens (tertiary/aromatic N) is 3. The van der Waals surface area contributed by atoms with E-state index in [0.29, 0.717) is 18.1 Å². The van der Waals surface area contributed by atoms with Gasteiger partial charge in [-0.1, -0.05) is 38.1 Å². The van der Waals surface area contributed by atoms with Crippen LogP contribution in [-0.4, -0.2) is 50.5 Å². The molecule has 2 aromatic heterocycles. The van der Waals surface area contributed by atoms with Gasteiger partial charge < -0.3 is 19.7 Å².